The van der Waals surface area contributed by atoms with Crippen molar-refractivity contribution in [3.63, 3.8) is 0 Å². The lowest BCUT2D eigenvalue weighted by Gasteiger charge is -2.58. The van der Waals surface area contributed by atoms with Gasteiger partial charge in [0, 0.05) is 31.2 Å². The van der Waals surface area contributed by atoms with Crippen LogP contribution < -0.4 is 10.2 Å². The molecule has 5 saturated carbocycles. The van der Waals surface area contributed by atoms with Crippen LogP contribution in [0.5, 0.6) is 0 Å². The van der Waals surface area contributed by atoms with Crippen LogP contribution in [-0.2, 0) is 0 Å². The quantitative estimate of drug-likeness (QED) is 0.837. The first-order valence-corrected chi connectivity index (χ1v) is 11.2. The van der Waals surface area contributed by atoms with Gasteiger partial charge in [-0.2, -0.15) is 0 Å². The summed E-state index contributed by atoms with van der Waals surface area (Å²) in [4.78, 5) is 24.9. The van der Waals surface area contributed by atoms with E-state index in [0.29, 0.717) is 29.2 Å². The highest BCUT2D eigenvalue weighted by atomic mass is 16.3. The van der Waals surface area contributed by atoms with Gasteiger partial charge in [-0.1, -0.05) is 6.42 Å². The number of amides is 1. The van der Waals surface area contributed by atoms with Gasteiger partial charge in [0.25, 0.3) is 5.91 Å². The Morgan fingerprint density at radius 3 is 2.46 bits per heavy atom. The second-order valence-electron chi connectivity index (χ2n) is 10.1. The van der Waals surface area contributed by atoms with Crippen LogP contribution >= 0.6 is 0 Å². The van der Waals surface area contributed by atoms with Gasteiger partial charge in [-0.15, -0.1) is 0 Å². The van der Waals surface area contributed by atoms with Gasteiger partial charge in [-0.25, -0.2) is 9.97 Å². The van der Waals surface area contributed by atoms with Crippen LogP contribution in [0.15, 0.2) is 6.20 Å². The Morgan fingerprint density at radius 2 is 1.89 bits per heavy atom. The number of aliphatic hydroxyl groups is 1. The SMILES string of the molecule is O=C(N[C@H]1C2CC3CC1C[C@@](O)(C3)C2)c1cnc(N2CCC2)nc1C1CCC1. The van der Waals surface area contributed by atoms with E-state index in [0.717, 1.165) is 69.7 Å². The molecular weight excluding hydrogens is 352 g/mol. The zero-order chi connectivity index (χ0) is 18.9. The van der Waals surface area contributed by atoms with E-state index in [1.165, 1.54) is 12.8 Å². The Hall–Kier alpha value is -1.69. The normalized spacial score (nSPS) is 38.8. The highest BCUT2D eigenvalue weighted by Crippen LogP contribution is 2.55. The van der Waals surface area contributed by atoms with Crippen LogP contribution in [0.25, 0.3) is 0 Å². The van der Waals surface area contributed by atoms with E-state index in [1.807, 2.05) is 0 Å². The number of carbonyl (C=O) groups excluding carboxylic acids is 1. The average molecular weight is 383 g/mol. The minimum Gasteiger partial charge on any atom is -0.390 e. The Bertz CT molecular complexity index is 788. The first kappa shape index (κ1) is 17.2. The molecule has 6 heteroatoms. The molecule has 2 N–H and O–H groups in total. The summed E-state index contributed by atoms with van der Waals surface area (Å²) in [5.41, 5.74) is 1.18. The van der Waals surface area contributed by atoms with Crippen LogP contribution in [0.1, 0.15) is 79.8 Å². The third-order valence-corrected chi connectivity index (χ3v) is 8.22. The van der Waals surface area contributed by atoms with E-state index in [-0.39, 0.29) is 11.9 Å². The lowest BCUT2D eigenvalue weighted by Crippen LogP contribution is -2.61. The molecule has 1 saturated heterocycles. The monoisotopic (exact) mass is 382 g/mol. The molecule has 1 amide bonds. The van der Waals surface area contributed by atoms with Crippen molar-refractivity contribution < 1.29 is 9.90 Å². The van der Waals surface area contributed by atoms with E-state index in [4.69, 9.17) is 4.98 Å². The van der Waals surface area contributed by atoms with Crippen molar-refractivity contribution in [2.45, 2.75) is 75.3 Å². The van der Waals surface area contributed by atoms with Crippen molar-refractivity contribution in [3.05, 3.63) is 17.5 Å². The van der Waals surface area contributed by atoms with Gasteiger partial charge in [0.15, 0.2) is 0 Å². The minimum absolute atomic E-state index is 0.00141. The predicted molar refractivity (Wildman–Crippen MR) is 105 cm³/mol. The van der Waals surface area contributed by atoms with Crippen molar-refractivity contribution >= 4 is 11.9 Å². The van der Waals surface area contributed by atoms with Crippen molar-refractivity contribution in [2.75, 3.05) is 18.0 Å². The molecule has 150 valence electrons. The molecule has 28 heavy (non-hydrogen) atoms. The van der Waals surface area contributed by atoms with Gasteiger partial charge >= 0.3 is 0 Å². The van der Waals surface area contributed by atoms with Crippen LogP contribution in [-0.4, -0.2) is 45.7 Å². The van der Waals surface area contributed by atoms with Gasteiger partial charge in [0.05, 0.1) is 16.9 Å². The molecule has 5 aliphatic carbocycles. The molecule has 0 spiro atoms. The summed E-state index contributed by atoms with van der Waals surface area (Å²) in [6, 6.07) is 0.202. The van der Waals surface area contributed by atoms with E-state index in [1.54, 1.807) is 6.20 Å². The summed E-state index contributed by atoms with van der Waals surface area (Å²) in [6.45, 7) is 2.04. The number of hydrogen-bond acceptors (Lipinski definition) is 5. The smallest absolute Gasteiger partial charge is 0.254 e. The van der Waals surface area contributed by atoms with Crippen molar-refractivity contribution in [2.24, 2.45) is 17.8 Å². The fraction of sp³-hybridized carbons (Fsp3) is 0.773. The highest BCUT2D eigenvalue weighted by Gasteiger charge is 2.55. The van der Waals surface area contributed by atoms with Gasteiger partial charge in [-0.05, 0) is 69.1 Å². The molecule has 6 aliphatic rings. The number of aromatic nitrogens is 2. The molecule has 1 aliphatic heterocycles. The zero-order valence-corrected chi connectivity index (χ0v) is 16.4. The topological polar surface area (TPSA) is 78.3 Å². The van der Waals surface area contributed by atoms with Crippen LogP contribution in [0.4, 0.5) is 5.95 Å². The lowest BCUT2D eigenvalue weighted by molar-refractivity contribution is -0.136. The molecule has 0 aromatic carbocycles. The molecule has 7 rings (SSSR count). The summed E-state index contributed by atoms with van der Waals surface area (Å²) >= 11 is 0. The van der Waals surface area contributed by atoms with Crippen LogP contribution in [0, 0.1) is 17.8 Å². The molecule has 6 fully saturated rings. The number of nitrogens with zero attached hydrogens (tertiary/aromatic N) is 3. The molecule has 2 unspecified atom stereocenters. The second-order valence-corrected chi connectivity index (χ2v) is 10.1. The maximum atomic E-state index is 13.3. The largest absolute Gasteiger partial charge is 0.390 e. The third kappa shape index (κ3) is 2.67. The fourth-order valence-electron chi connectivity index (χ4n) is 6.67. The number of carbonyl (C=O) groups is 1. The van der Waals surface area contributed by atoms with E-state index >= 15 is 0 Å². The average Bonchev–Trinajstić information content (AvgIpc) is 2.53. The summed E-state index contributed by atoms with van der Waals surface area (Å²) in [7, 11) is 0. The van der Waals surface area contributed by atoms with Crippen LogP contribution in [0.3, 0.4) is 0 Å². The minimum atomic E-state index is -0.462. The van der Waals surface area contributed by atoms with Crippen molar-refractivity contribution in [3.8, 4) is 0 Å². The number of hydrogen-bond donors (Lipinski definition) is 2. The second kappa shape index (κ2) is 6.15. The van der Waals surface area contributed by atoms with Gasteiger partial charge in [0.2, 0.25) is 5.95 Å². The Balaban J connectivity index is 1.25. The highest BCUT2D eigenvalue weighted by molar-refractivity contribution is 5.95. The molecule has 2 atom stereocenters. The van der Waals surface area contributed by atoms with E-state index in [9.17, 15) is 9.90 Å². The fourth-order valence-corrected chi connectivity index (χ4v) is 6.67. The number of anilines is 1. The van der Waals surface area contributed by atoms with Gasteiger partial charge in [-0.3, -0.25) is 4.79 Å². The summed E-state index contributed by atoms with van der Waals surface area (Å²) < 4.78 is 0. The van der Waals surface area contributed by atoms with Gasteiger partial charge < -0.3 is 15.3 Å². The Labute approximate surface area is 166 Å². The Morgan fingerprint density at radius 1 is 1.14 bits per heavy atom. The lowest BCUT2D eigenvalue weighted by atomic mass is 9.52. The van der Waals surface area contributed by atoms with Crippen molar-refractivity contribution in [1.82, 2.24) is 15.3 Å². The van der Waals surface area contributed by atoms with E-state index < -0.39 is 5.60 Å². The summed E-state index contributed by atoms with van der Waals surface area (Å²) in [5, 5.41) is 14.2. The summed E-state index contributed by atoms with van der Waals surface area (Å²) in [6.07, 6.45) is 11.4. The summed E-state index contributed by atoms with van der Waals surface area (Å²) in [5.74, 6) is 2.70. The zero-order valence-electron chi connectivity index (χ0n) is 16.4. The standard InChI is InChI=1S/C22H30N4O2/c27-20(24-18-15-7-13-8-16(18)11-22(28,9-13)10-15)17-12-23-21(26-5-2-6-26)25-19(17)14-3-1-4-14/h12-16,18,28H,1-11H2,(H,24,27)/t13?,15?,16?,18-,22+. The molecule has 0 radical (unpaired) electrons. The van der Waals surface area contributed by atoms with E-state index in [2.05, 4.69) is 15.2 Å². The van der Waals surface area contributed by atoms with Crippen LogP contribution in [0.2, 0.25) is 0 Å². The first-order chi connectivity index (χ1) is 13.6. The third-order valence-electron chi connectivity index (χ3n) is 8.22. The molecule has 1 aromatic heterocycles. The Kier molecular flexibility index (Phi) is 3.78. The first-order valence-electron chi connectivity index (χ1n) is 11.2. The molecule has 6 nitrogen and oxygen atoms in total. The number of nitrogens with one attached hydrogen (secondary N) is 1. The van der Waals surface area contributed by atoms with Gasteiger partial charge in [0.1, 0.15) is 0 Å². The predicted octanol–water partition coefficient (Wildman–Crippen LogP) is 2.62. The number of rotatable bonds is 4. The maximum absolute atomic E-state index is 13.3. The molecule has 4 bridgehead atoms. The molecular formula is C22H30N4O2. The van der Waals surface area contributed by atoms with Crippen molar-refractivity contribution in [1.29, 1.82) is 0 Å². The molecule has 2 heterocycles. The maximum Gasteiger partial charge on any atom is 0.254 e. The molecule has 1 aromatic rings.